The van der Waals surface area contributed by atoms with Crippen molar-refractivity contribution in [1.82, 2.24) is 4.98 Å². The first kappa shape index (κ1) is 18.0. The molecule has 3 heteroatoms. The van der Waals surface area contributed by atoms with Crippen LogP contribution in [0.25, 0.3) is 0 Å². The molecule has 3 aromatic rings. The molecule has 0 spiro atoms. The summed E-state index contributed by atoms with van der Waals surface area (Å²) in [7, 11) is 4.22. The van der Waals surface area contributed by atoms with Crippen LogP contribution < -0.4 is 9.80 Å². The van der Waals surface area contributed by atoms with Gasteiger partial charge in [-0.1, -0.05) is 41.5 Å². The molecule has 0 saturated heterocycles. The molecule has 134 valence electrons. The Hall–Kier alpha value is -2.81. The third-order valence-electron chi connectivity index (χ3n) is 4.61. The van der Waals surface area contributed by atoms with Gasteiger partial charge in [0.15, 0.2) is 0 Å². The molecule has 0 saturated carbocycles. The minimum Gasteiger partial charge on any atom is -0.369 e. The molecule has 0 fully saturated rings. The third kappa shape index (κ3) is 4.63. The number of rotatable bonds is 6. The van der Waals surface area contributed by atoms with E-state index in [0.29, 0.717) is 0 Å². The lowest BCUT2D eigenvalue weighted by atomic mass is 10.2. The van der Waals surface area contributed by atoms with Crippen molar-refractivity contribution in [2.45, 2.75) is 26.9 Å². The SMILES string of the molecule is Cc1ccc(N(C)Cc2cccc(CN(C)c3ccc(C)cc3)n2)cc1. The zero-order valence-electron chi connectivity index (χ0n) is 16.1. The number of hydrogen-bond acceptors (Lipinski definition) is 3. The molecule has 0 N–H and O–H groups in total. The molecule has 0 aliphatic carbocycles. The van der Waals surface area contributed by atoms with E-state index in [1.165, 1.54) is 22.5 Å². The highest BCUT2D eigenvalue weighted by atomic mass is 15.1. The number of hydrogen-bond donors (Lipinski definition) is 0. The summed E-state index contributed by atoms with van der Waals surface area (Å²) >= 11 is 0. The highest BCUT2D eigenvalue weighted by Gasteiger charge is 2.07. The van der Waals surface area contributed by atoms with Gasteiger partial charge in [-0.3, -0.25) is 4.98 Å². The van der Waals surface area contributed by atoms with Crippen LogP contribution in [0.15, 0.2) is 66.7 Å². The quantitative estimate of drug-likeness (QED) is 0.629. The van der Waals surface area contributed by atoms with Crippen LogP contribution >= 0.6 is 0 Å². The van der Waals surface area contributed by atoms with Crippen LogP contribution in [0.3, 0.4) is 0 Å². The molecule has 0 unspecified atom stereocenters. The van der Waals surface area contributed by atoms with E-state index < -0.39 is 0 Å². The Morgan fingerprint density at radius 3 is 1.38 bits per heavy atom. The van der Waals surface area contributed by atoms with Crippen molar-refractivity contribution in [3.05, 3.63) is 89.2 Å². The largest absolute Gasteiger partial charge is 0.369 e. The molecule has 1 heterocycles. The van der Waals surface area contributed by atoms with Gasteiger partial charge >= 0.3 is 0 Å². The average molecular weight is 345 g/mol. The summed E-state index contributed by atoms with van der Waals surface area (Å²) < 4.78 is 0. The monoisotopic (exact) mass is 345 g/mol. The molecule has 3 nitrogen and oxygen atoms in total. The molecule has 0 atom stereocenters. The van der Waals surface area contributed by atoms with Crippen LogP contribution in [-0.2, 0) is 13.1 Å². The number of aryl methyl sites for hydroxylation is 2. The molecule has 2 aromatic carbocycles. The van der Waals surface area contributed by atoms with Crippen molar-refractivity contribution in [2.75, 3.05) is 23.9 Å². The number of pyridine rings is 1. The van der Waals surface area contributed by atoms with Gasteiger partial charge in [0.1, 0.15) is 0 Å². The van der Waals surface area contributed by atoms with E-state index in [2.05, 4.69) is 104 Å². The van der Waals surface area contributed by atoms with Gasteiger partial charge in [-0.2, -0.15) is 0 Å². The Morgan fingerprint density at radius 1 is 0.615 bits per heavy atom. The van der Waals surface area contributed by atoms with E-state index in [0.717, 1.165) is 24.5 Å². The minimum absolute atomic E-state index is 0.797. The van der Waals surface area contributed by atoms with Gasteiger partial charge in [-0.25, -0.2) is 0 Å². The molecular weight excluding hydrogens is 318 g/mol. The van der Waals surface area contributed by atoms with Gasteiger partial charge in [0.2, 0.25) is 0 Å². The zero-order valence-corrected chi connectivity index (χ0v) is 16.1. The summed E-state index contributed by atoms with van der Waals surface area (Å²) in [6, 6.07) is 23.5. The molecule has 0 bridgehead atoms. The van der Waals surface area contributed by atoms with Crippen molar-refractivity contribution >= 4 is 11.4 Å². The Kier molecular flexibility index (Phi) is 5.57. The van der Waals surface area contributed by atoms with Gasteiger partial charge in [0.25, 0.3) is 0 Å². The maximum atomic E-state index is 4.86. The predicted molar refractivity (Wildman–Crippen MR) is 111 cm³/mol. The smallest absolute Gasteiger partial charge is 0.0600 e. The molecule has 1 aromatic heterocycles. The van der Waals surface area contributed by atoms with Crippen molar-refractivity contribution < 1.29 is 0 Å². The van der Waals surface area contributed by atoms with E-state index >= 15 is 0 Å². The molecular formula is C23H27N3. The zero-order chi connectivity index (χ0) is 18.5. The fraction of sp³-hybridized carbons (Fsp3) is 0.261. The number of benzene rings is 2. The topological polar surface area (TPSA) is 19.4 Å². The predicted octanol–water partition coefficient (Wildman–Crippen LogP) is 4.97. The lowest BCUT2D eigenvalue weighted by Gasteiger charge is -2.21. The number of anilines is 2. The Bertz CT molecular complexity index is 769. The second-order valence-electron chi connectivity index (χ2n) is 7.00. The van der Waals surface area contributed by atoms with E-state index in [1.54, 1.807) is 0 Å². The lowest BCUT2D eigenvalue weighted by molar-refractivity contribution is 0.834. The Balaban J connectivity index is 1.67. The lowest BCUT2D eigenvalue weighted by Crippen LogP contribution is -2.20. The van der Waals surface area contributed by atoms with E-state index in [1.807, 2.05) is 0 Å². The highest BCUT2D eigenvalue weighted by Crippen LogP contribution is 2.18. The molecule has 3 rings (SSSR count). The van der Waals surface area contributed by atoms with Crippen molar-refractivity contribution in [3.63, 3.8) is 0 Å². The summed E-state index contributed by atoms with van der Waals surface area (Å²) in [6.07, 6.45) is 0. The van der Waals surface area contributed by atoms with E-state index in [9.17, 15) is 0 Å². The number of nitrogens with zero attached hydrogens (tertiary/aromatic N) is 3. The van der Waals surface area contributed by atoms with Gasteiger partial charge < -0.3 is 9.80 Å². The maximum absolute atomic E-state index is 4.86. The minimum atomic E-state index is 0.797. The van der Waals surface area contributed by atoms with Gasteiger partial charge in [-0.15, -0.1) is 0 Å². The number of aromatic nitrogens is 1. The van der Waals surface area contributed by atoms with Crippen LogP contribution in [0, 0.1) is 13.8 Å². The fourth-order valence-corrected chi connectivity index (χ4v) is 2.97. The van der Waals surface area contributed by atoms with Crippen molar-refractivity contribution in [1.29, 1.82) is 0 Å². The Labute approximate surface area is 156 Å². The molecule has 0 radical (unpaired) electrons. The van der Waals surface area contributed by atoms with Crippen molar-refractivity contribution in [2.24, 2.45) is 0 Å². The van der Waals surface area contributed by atoms with E-state index in [4.69, 9.17) is 4.98 Å². The fourth-order valence-electron chi connectivity index (χ4n) is 2.97. The third-order valence-corrected chi connectivity index (χ3v) is 4.61. The summed E-state index contributed by atoms with van der Waals surface area (Å²) in [4.78, 5) is 9.32. The molecule has 26 heavy (non-hydrogen) atoms. The summed E-state index contributed by atoms with van der Waals surface area (Å²) in [5, 5.41) is 0. The van der Waals surface area contributed by atoms with Crippen LogP contribution in [0.1, 0.15) is 22.5 Å². The average Bonchev–Trinajstić information content (AvgIpc) is 2.63. The van der Waals surface area contributed by atoms with Gasteiger partial charge in [0, 0.05) is 25.5 Å². The molecule has 0 amide bonds. The first-order chi connectivity index (χ1) is 12.5. The summed E-state index contributed by atoms with van der Waals surface area (Å²) in [6.45, 7) is 5.81. The van der Waals surface area contributed by atoms with Gasteiger partial charge in [0.05, 0.1) is 24.5 Å². The summed E-state index contributed by atoms with van der Waals surface area (Å²) in [5.41, 5.74) is 7.15. The normalized spacial score (nSPS) is 10.6. The molecule has 0 aliphatic heterocycles. The standard InChI is InChI=1S/C23H27N3/c1-18-8-12-22(13-9-18)25(3)16-20-6-5-7-21(24-20)17-26(4)23-14-10-19(2)11-15-23/h5-15H,16-17H2,1-4H3. The van der Waals surface area contributed by atoms with Crippen LogP contribution in [-0.4, -0.2) is 19.1 Å². The van der Waals surface area contributed by atoms with Crippen LogP contribution in [0.5, 0.6) is 0 Å². The highest BCUT2D eigenvalue weighted by molar-refractivity contribution is 5.48. The first-order valence-corrected chi connectivity index (χ1v) is 9.02. The van der Waals surface area contributed by atoms with Crippen LogP contribution in [0.4, 0.5) is 11.4 Å². The first-order valence-electron chi connectivity index (χ1n) is 9.02. The van der Waals surface area contributed by atoms with Crippen LogP contribution in [0.2, 0.25) is 0 Å². The molecule has 0 aliphatic rings. The second-order valence-corrected chi connectivity index (χ2v) is 7.00. The maximum Gasteiger partial charge on any atom is 0.0600 e. The van der Waals surface area contributed by atoms with Crippen molar-refractivity contribution in [3.8, 4) is 0 Å². The van der Waals surface area contributed by atoms with E-state index in [-0.39, 0.29) is 0 Å². The van der Waals surface area contributed by atoms with Gasteiger partial charge in [-0.05, 0) is 50.2 Å². The second kappa shape index (κ2) is 8.05. The Morgan fingerprint density at radius 2 is 1.00 bits per heavy atom. The summed E-state index contributed by atoms with van der Waals surface area (Å²) in [5.74, 6) is 0.